The Labute approximate surface area is 201 Å². The maximum Gasteiger partial charge on any atom is 0.243 e. The van der Waals surface area contributed by atoms with Gasteiger partial charge in [0.1, 0.15) is 5.82 Å². The molecule has 0 aliphatic carbocycles. The van der Waals surface area contributed by atoms with Crippen molar-refractivity contribution in [2.45, 2.75) is 31.0 Å². The van der Waals surface area contributed by atoms with Gasteiger partial charge in [-0.1, -0.05) is 36.4 Å². The fourth-order valence-electron chi connectivity index (χ4n) is 3.75. The molecule has 1 saturated heterocycles. The third-order valence-corrected chi connectivity index (χ3v) is 6.36. The van der Waals surface area contributed by atoms with Crippen LogP contribution in [0.4, 0.5) is 10.1 Å². The average molecular weight is 483 g/mol. The fraction of sp³-hybridized carbons (Fsp3) is 0.333. The van der Waals surface area contributed by atoms with E-state index in [2.05, 4.69) is 25.7 Å². The Kier molecular flexibility index (Phi) is 8.26. The van der Waals surface area contributed by atoms with E-state index in [1.54, 1.807) is 0 Å². The molecule has 0 saturated carbocycles. The number of nitrogens with one attached hydrogen (secondary N) is 2. The van der Waals surface area contributed by atoms with Crippen LogP contribution in [0.1, 0.15) is 25.1 Å². The van der Waals surface area contributed by atoms with Gasteiger partial charge in [0.25, 0.3) is 0 Å². The summed E-state index contributed by atoms with van der Waals surface area (Å²) in [5, 5.41) is 14.6. The summed E-state index contributed by atoms with van der Waals surface area (Å²) < 4.78 is 15.0. The molecule has 2 heterocycles. The minimum Gasteiger partial charge on any atom is -0.346 e. The van der Waals surface area contributed by atoms with E-state index in [9.17, 15) is 14.0 Å². The van der Waals surface area contributed by atoms with Gasteiger partial charge in [0.05, 0.1) is 18.8 Å². The molecule has 34 heavy (non-hydrogen) atoms. The van der Waals surface area contributed by atoms with Crippen LogP contribution in [0.2, 0.25) is 0 Å². The van der Waals surface area contributed by atoms with Crippen LogP contribution >= 0.6 is 11.8 Å². The molecular formula is C24H27FN6O2S. The fourth-order valence-corrected chi connectivity index (χ4v) is 4.55. The minimum atomic E-state index is -0.388. The van der Waals surface area contributed by atoms with Gasteiger partial charge in [0.2, 0.25) is 11.8 Å². The first-order valence-electron chi connectivity index (χ1n) is 11.3. The van der Waals surface area contributed by atoms with Crippen molar-refractivity contribution in [1.29, 1.82) is 0 Å². The Morgan fingerprint density at radius 3 is 2.41 bits per heavy atom. The van der Waals surface area contributed by atoms with Crippen LogP contribution in [0.3, 0.4) is 0 Å². The third kappa shape index (κ3) is 6.64. The van der Waals surface area contributed by atoms with Crippen molar-refractivity contribution in [2.75, 3.05) is 30.7 Å². The lowest BCUT2D eigenvalue weighted by Crippen LogP contribution is -2.34. The number of amides is 2. The number of rotatable bonds is 9. The smallest absolute Gasteiger partial charge is 0.243 e. The SMILES string of the molecule is O=C(CSc1nnc(CN2CCCCC2)n1-c1ccccc1)NCC(=O)Nc1ccc(F)cc1. The molecule has 2 N–H and O–H groups in total. The number of likely N-dealkylation sites (tertiary alicyclic amines) is 1. The molecule has 2 amide bonds. The van der Waals surface area contributed by atoms with E-state index < -0.39 is 0 Å². The van der Waals surface area contributed by atoms with E-state index in [0.717, 1.165) is 24.6 Å². The number of anilines is 1. The van der Waals surface area contributed by atoms with Gasteiger partial charge < -0.3 is 10.6 Å². The summed E-state index contributed by atoms with van der Waals surface area (Å²) in [5.74, 6) is -0.125. The number of nitrogens with zero attached hydrogens (tertiary/aromatic N) is 4. The Morgan fingerprint density at radius 1 is 0.941 bits per heavy atom. The van der Waals surface area contributed by atoms with E-state index in [1.807, 2.05) is 34.9 Å². The highest BCUT2D eigenvalue weighted by Gasteiger charge is 2.19. The molecule has 8 nitrogen and oxygen atoms in total. The number of hydrogen-bond acceptors (Lipinski definition) is 6. The molecule has 2 aromatic carbocycles. The number of hydrogen-bond donors (Lipinski definition) is 2. The number of para-hydroxylation sites is 1. The number of carbonyl (C=O) groups excluding carboxylic acids is 2. The van der Waals surface area contributed by atoms with E-state index in [-0.39, 0.29) is 29.9 Å². The number of thioether (sulfide) groups is 1. The van der Waals surface area contributed by atoms with Crippen LogP contribution in [0, 0.1) is 5.82 Å². The van der Waals surface area contributed by atoms with Crippen molar-refractivity contribution in [1.82, 2.24) is 25.0 Å². The first kappa shape index (κ1) is 23.9. The summed E-state index contributed by atoms with van der Waals surface area (Å²) in [6.07, 6.45) is 3.64. The van der Waals surface area contributed by atoms with Crippen molar-refractivity contribution < 1.29 is 14.0 Å². The summed E-state index contributed by atoms with van der Waals surface area (Å²) >= 11 is 1.28. The van der Waals surface area contributed by atoms with Crippen LogP contribution in [0.5, 0.6) is 0 Å². The van der Waals surface area contributed by atoms with Gasteiger partial charge in [-0.05, 0) is 62.3 Å². The molecule has 0 bridgehead atoms. The quantitative estimate of drug-likeness (QED) is 0.455. The normalized spacial score (nSPS) is 14.0. The van der Waals surface area contributed by atoms with Gasteiger partial charge in [0.15, 0.2) is 11.0 Å². The molecule has 4 rings (SSSR count). The Morgan fingerprint density at radius 2 is 1.68 bits per heavy atom. The molecule has 1 aliphatic heterocycles. The van der Waals surface area contributed by atoms with Crippen molar-refractivity contribution in [3.63, 3.8) is 0 Å². The molecule has 0 atom stereocenters. The van der Waals surface area contributed by atoms with Gasteiger partial charge in [-0.3, -0.25) is 19.1 Å². The predicted molar refractivity (Wildman–Crippen MR) is 129 cm³/mol. The summed E-state index contributed by atoms with van der Waals surface area (Å²) in [4.78, 5) is 26.8. The van der Waals surface area contributed by atoms with Crippen LogP contribution in [0.15, 0.2) is 59.8 Å². The third-order valence-electron chi connectivity index (χ3n) is 5.43. The standard InChI is InChI=1S/C24H27FN6O2S/c25-18-9-11-19(12-10-18)27-22(32)15-26-23(33)17-34-24-29-28-21(16-30-13-5-2-6-14-30)31(24)20-7-3-1-4-8-20/h1,3-4,7-12H,2,5-6,13-17H2,(H,26,33)(H,27,32). The van der Waals surface area contributed by atoms with E-state index >= 15 is 0 Å². The molecule has 1 aliphatic rings. The summed E-state index contributed by atoms with van der Waals surface area (Å²) in [6, 6.07) is 15.3. The van der Waals surface area contributed by atoms with Crippen LogP contribution < -0.4 is 10.6 Å². The summed E-state index contributed by atoms with van der Waals surface area (Å²) in [5.41, 5.74) is 1.41. The van der Waals surface area contributed by atoms with Crippen molar-refractivity contribution >= 4 is 29.3 Å². The van der Waals surface area contributed by atoms with Crippen molar-refractivity contribution in [2.24, 2.45) is 0 Å². The topological polar surface area (TPSA) is 92.2 Å². The molecule has 10 heteroatoms. The molecule has 0 unspecified atom stereocenters. The lowest BCUT2D eigenvalue weighted by atomic mass is 10.1. The number of piperidine rings is 1. The maximum absolute atomic E-state index is 13.0. The monoisotopic (exact) mass is 482 g/mol. The Bertz CT molecular complexity index is 1100. The zero-order valence-electron chi connectivity index (χ0n) is 18.7. The number of halogens is 1. The van der Waals surface area contributed by atoms with Crippen LogP contribution in [-0.4, -0.2) is 56.9 Å². The molecule has 0 spiro atoms. The van der Waals surface area contributed by atoms with E-state index in [1.165, 1.54) is 55.3 Å². The van der Waals surface area contributed by atoms with E-state index in [4.69, 9.17) is 0 Å². The maximum atomic E-state index is 13.0. The summed E-state index contributed by atoms with van der Waals surface area (Å²) in [7, 11) is 0. The second kappa shape index (κ2) is 11.8. The highest BCUT2D eigenvalue weighted by atomic mass is 32.2. The Hall–Kier alpha value is -3.24. The van der Waals surface area contributed by atoms with Gasteiger partial charge in [0, 0.05) is 11.4 Å². The van der Waals surface area contributed by atoms with E-state index in [0.29, 0.717) is 17.4 Å². The lowest BCUT2D eigenvalue weighted by Gasteiger charge is -2.26. The van der Waals surface area contributed by atoms with Gasteiger partial charge in [-0.15, -0.1) is 10.2 Å². The van der Waals surface area contributed by atoms with Crippen LogP contribution in [0.25, 0.3) is 5.69 Å². The number of benzene rings is 2. The first-order valence-corrected chi connectivity index (χ1v) is 12.2. The predicted octanol–water partition coefficient (Wildman–Crippen LogP) is 3.24. The number of carbonyl (C=O) groups is 2. The van der Waals surface area contributed by atoms with Crippen molar-refractivity contribution in [3.8, 4) is 5.69 Å². The molecule has 1 fully saturated rings. The Balaban J connectivity index is 1.34. The van der Waals surface area contributed by atoms with Gasteiger partial charge in [-0.25, -0.2) is 4.39 Å². The van der Waals surface area contributed by atoms with Gasteiger partial charge >= 0.3 is 0 Å². The largest absolute Gasteiger partial charge is 0.346 e. The molecule has 1 aromatic heterocycles. The highest BCUT2D eigenvalue weighted by molar-refractivity contribution is 7.99. The molecule has 0 radical (unpaired) electrons. The van der Waals surface area contributed by atoms with Gasteiger partial charge in [-0.2, -0.15) is 0 Å². The molecule has 178 valence electrons. The minimum absolute atomic E-state index is 0.0957. The second-order valence-electron chi connectivity index (χ2n) is 8.03. The lowest BCUT2D eigenvalue weighted by molar-refractivity contribution is -0.122. The first-order chi connectivity index (χ1) is 16.6. The highest BCUT2D eigenvalue weighted by Crippen LogP contribution is 2.23. The molecular weight excluding hydrogens is 455 g/mol. The zero-order chi connectivity index (χ0) is 23.8. The van der Waals surface area contributed by atoms with Crippen LogP contribution in [-0.2, 0) is 16.1 Å². The zero-order valence-corrected chi connectivity index (χ0v) is 19.6. The molecule has 3 aromatic rings. The summed E-state index contributed by atoms with van der Waals surface area (Å²) in [6.45, 7) is 2.62. The second-order valence-corrected chi connectivity index (χ2v) is 8.97. The average Bonchev–Trinajstić information content (AvgIpc) is 3.26. The van der Waals surface area contributed by atoms with Crippen molar-refractivity contribution in [3.05, 3.63) is 66.2 Å². The number of aromatic nitrogens is 3.